The van der Waals surface area contributed by atoms with Gasteiger partial charge in [-0.25, -0.2) is 0 Å². The van der Waals surface area contributed by atoms with E-state index in [2.05, 4.69) is 68.2 Å². The summed E-state index contributed by atoms with van der Waals surface area (Å²) in [4.78, 5) is 36.4. The largest absolute Gasteiger partial charge is 0.504 e. The third-order valence-corrected chi connectivity index (χ3v) is 19.2. The van der Waals surface area contributed by atoms with Crippen LogP contribution in [0.5, 0.6) is 23.0 Å². The number of phenolic OH excluding ortho intramolecular Hbond substituents is 2. The van der Waals surface area contributed by atoms with Crippen molar-refractivity contribution in [1.29, 1.82) is 0 Å². The molecule has 3 saturated carbocycles. The fourth-order valence-corrected chi connectivity index (χ4v) is 16.0. The first kappa shape index (κ1) is 51.3. The fraction of sp³-hybridized carbons (Fsp3) is 0.492. The molecular formula is C63H72N4O10. The Morgan fingerprint density at radius 3 is 2.64 bits per heavy atom. The lowest BCUT2D eigenvalue weighted by Gasteiger charge is -2.58. The number of aromatic nitrogens is 3. The van der Waals surface area contributed by atoms with Gasteiger partial charge in [0.05, 0.1) is 48.7 Å². The number of aliphatic hydroxyl groups is 3. The van der Waals surface area contributed by atoms with Crippen LogP contribution in [0.4, 0.5) is 0 Å². The molecule has 3 aromatic carbocycles. The van der Waals surface area contributed by atoms with E-state index in [0.717, 1.165) is 94.9 Å². The van der Waals surface area contributed by atoms with Crippen molar-refractivity contribution in [3.8, 4) is 34.8 Å². The highest BCUT2D eigenvalue weighted by Crippen LogP contribution is 2.68. The highest BCUT2D eigenvalue weighted by atomic mass is 16.5. The van der Waals surface area contributed by atoms with E-state index in [1.807, 2.05) is 37.4 Å². The number of esters is 1. The molecule has 4 aliphatic carbocycles. The Balaban J connectivity index is 1.00. The van der Waals surface area contributed by atoms with Crippen molar-refractivity contribution in [2.75, 3.05) is 20.3 Å². The molecule has 14 heteroatoms. The van der Waals surface area contributed by atoms with Gasteiger partial charge in [0.2, 0.25) is 0 Å². The van der Waals surface area contributed by atoms with Crippen molar-refractivity contribution >= 4 is 39.3 Å². The third kappa shape index (κ3) is 9.40. The van der Waals surface area contributed by atoms with Crippen LogP contribution in [-0.2, 0) is 27.2 Å². The highest BCUT2D eigenvalue weighted by molar-refractivity contribution is 5.94. The van der Waals surface area contributed by atoms with Crippen LogP contribution in [-0.4, -0.2) is 102 Å². The van der Waals surface area contributed by atoms with Crippen LogP contribution in [0.1, 0.15) is 130 Å². The number of allylic oxidation sites excluding steroid dienone is 1. The van der Waals surface area contributed by atoms with Crippen LogP contribution in [0.2, 0.25) is 0 Å². The van der Waals surface area contributed by atoms with Gasteiger partial charge in [0.25, 0.3) is 0 Å². The van der Waals surface area contributed by atoms with E-state index in [0.29, 0.717) is 37.9 Å². The molecule has 0 unspecified atom stereocenters. The minimum absolute atomic E-state index is 0.00146. The maximum absolute atomic E-state index is 15.3. The number of para-hydroxylation sites is 1. The molecule has 12 atom stereocenters. The molecule has 0 amide bonds. The molecule has 8 N–H and O–H groups in total. The molecule has 404 valence electrons. The number of aliphatic hydroxyl groups excluding tert-OH is 3. The summed E-state index contributed by atoms with van der Waals surface area (Å²) in [5.74, 6) is 6.20. The van der Waals surface area contributed by atoms with Gasteiger partial charge in [-0.05, 0) is 177 Å². The number of aromatic amines is 2. The predicted octanol–water partition coefficient (Wildman–Crippen LogP) is 9.31. The summed E-state index contributed by atoms with van der Waals surface area (Å²) < 4.78 is 20.2. The van der Waals surface area contributed by atoms with Gasteiger partial charge in [-0.3, -0.25) is 9.59 Å². The quantitative estimate of drug-likeness (QED) is 0.0505. The number of cyclic esters (lactones) is 1. The standard InChI is InChI=1S/C63H72N4O10/c1-36(69)50-16-18-58(67-24-20-52-53(67)19-23-64-52)63(66-50)22-21-62(35-63)34-38-28-48-45-32-55(73)56(75-2)33-46(45)47(60(38)44-15-13-39(70)31-49(44)62)30-40(71)29-41(14-11-37-12-17-54(72)57(27-37)76-26-25-68)77-59(74)10-6-4-8-43-42-7-3-5-9-51(42)65-61(43)48/h3,5,7,9,12,17,19-20,23-24,27-28,32-33,36,38-39,41,44,47,49-50,58,60,64-66,68-70,72-73H,8,10-11,13-16,18,21-22,25-26,29-31,34-35H2,1-2H3/t36-,38-,39-,41+,44+,47-,49+,50+,58-,60+,62-,63+/m0/s1. The number of aromatic hydroxyl groups is 2. The minimum atomic E-state index is -0.777. The van der Waals surface area contributed by atoms with Gasteiger partial charge in [0.15, 0.2) is 23.0 Å². The minimum Gasteiger partial charge on any atom is -0.504 e. The average Bonchev–Trinajstić information content (AvgIpc) is 4.39. The van der Waals surface area contributed by atoms with Crippen molar-refractivity contribution in [1.82, 2.24) is 19.9 Å². The Bertz CT molecular complexity index is 3300. The summed E-state index contributed by atoms with van der Waals surface area (Å²) in [5.41, 5.74) is 8.04. The molecular weight excluding hydrogens is 973 g/mol. The van der Waals surface area contributed by atoms with Crippen molar-refractivity contribution < 1.29 is 49.3 Å². The molecule has 2 spiro atoms. The van der Waals surface area contributed by atoms with Gasteiger partial charge in [0.1, 0.15) is 24.9 Å². The SMILES string of the molecule is COc1cc2c(cc1O)C1=C[C@H]3C[C@]4(CC[C@]5(C4)N[C@@H]([C@H](C)O)CC[C@@H]5n4ccc5[nH]ccc54)[C@@H]4C[C@@H](O)CC[C@H]4[C@@H]3[C@H]2CC(=O)C[C@@H](CCc2ccc(O)c(OCCO)c2)OC(=O)CC#CCc2c1[nH]c1ccccc21. The number of nitrogens with one attached hydrogen (secondary N) is 3. The second-order valence-corrected chi connectivity index (χ2v) is 23.5. The number of H-pyrrole nitrogens is 2. The lowest BCUT2D eigenvalue weighted by Crippen LogP contribution is -2.61. The molecule has 0 radical (unpaired) electrons. The lowest BCUT2D eigenvalue weighted by atomic mass is 9.47. The number of benzene rings is 3. The Labute approximate surface area is 449 Å². The van der Waals surface area contributed by atoms with Crippen LogP contribution < -0.4 is 14.8 Å². The van der Waals surface area contributed by atoms with Gasteiger partial charge >= 0.3 is 5.97 Å². The zero-order chi connectivity index (χ0) is 53.2. The molecule has 14 nitrogen and oxygen atoms in total. The summed E-state index contributed by atoms with van der Waals surface area (Å²) in [6, 6.07) is 21.4. The average molecular weight is 1050 g/mol. The summed E-state index contributed by atoms with van der Waals surface area (Å²) >= 11 is 0. The molecule has 6 aromatic rings. The molecule has 3 aromatic heterocycles. The van der Waals surface area contributed by atoms with E-state index in [-0.39, 0.29) is 108 Å². The summed E-state index contributed by atoms with van der Waals surface area (Å²) in [6.45, 7) is 1.71. The Kier molecular flexibility index (Phi) is 13.8. The molecule has 5 heterocycles. The van der Waals surface area contributed by atoms with E-state index < -0.39 is 24.3 Å². The summed E-state index contributed by atoms with van der Waals surface area (Å²) in [6.07, 6.45) is 13.4. The van der Waals surface area contributed by atoms with Crippen LogP contribution in [0.25, 0.3) is 27.5 Å². The van der Waals surface area contributed by atoms with E-state index in [1.54, 1.807) is 19.2 Å². The number of piperidine rings is 1. The number of hydrogen-bond acceptors (Lipinski definition) is 11. The maximum atomic E-state index is 15.3. The van der Waals surface area contributed by atoms with Gasteiger partial charge in [-0.1, -0.05) is 42.2 Å². The zero-order valence-corrected chi connectivity index (χ0v) is 44.1. The predicted molar refractivity (Wildman–Crippen MR) is 293 cm³/mol. The van der Waals surface area contributed by atoms with E-state index >= 15 is 4.79 Å². The molecule has 77 heavy (non-hydrogen) atoms. The monoisotopic (exact) mass is 1040 g/mol. The van der Waals surface area contributed by atoms with Crippen LogP contribution in [0.15, 0.2) is 85.2 Å². The second kappa shape index (κ2) is 20.7. The number of hydrogen-bond donors (Lipinski definition) is 8. The first-order chi connectivity index (χ1) is 37.3. The fourth-order valence-electron chi connectivity index (χ4n) is 16.0. The number of fused-ring (bicyclic) bond motifs is 10. The van der Waals surface area contributed by atoms with Crippen LogP contribution >= 0.6 is 0 Å². The number of phenols is 2. The zero-order valence-electron chi connectivity index (χ0n) is 44.1. The number of ketones is 1. The topological polar surface area (TPSA) is 212 Å². The smallest absolute Gasteiger partial charge is 0.318 e. The molecule has 4 fully saturated rings. The van der Waals surface area contributed by atoms with Crippen molar-refractivity contribution in [2.45, 2.75) is 145 Å². The highest BCUT2D eigenvalue weighted by Gasteiger charge is 2.63. The number of nitrogens with zero attached hydrogens (tertiary/aromatic N) is 1. The van der Waals surface area contributed by atoms with Crippen molar-refractivity contribution in [3.63, 3.8) is 0 Å². The van der Waals surface area contributed by atoms with Gasteiger partial charge in [0, 0.05) is 59.7 Å². The summed E-state index contributed by atoms with van der Waals surface area (Å²) in [5, 5.41) is 60.1. The number of methoxy groups -OCH3 is 1. The van der Waals surface area contributed by atoms with Gasteiger partial charge in [-0.2, -0.15) is 0 Å². The van der Waals surface area contributed by atoms with Crippen molar-refractivity contribution in [2.24, 2.45) is 29.1 Å². The van der Waals surface area contributed by atoms with E-state index in [4.69, 9.17) is 14.2 Å². The van der Waals surface area contributed by atoms with E-state index in [9.17, 15) is 30.3 Å². The van der Waals surface area contributed by atoms with Crippen LogP contribution in [0, 0.1) is 40.9 Å². The Morgan fingerprint density at radius 2 is 1.79 bits per heavy atom. The molecule has 12 rings (SSSR count). The Hall–Kier alpha value is -6.50. The molecule has 2 bridgehead atoms. The maximum Gasteiger partial charge on any atom is 0.318 e. The van der Waals surface area contributed by atoms with Gasteiger partial charge in [-0.15, -0.1) is 0 Å². The molecule has 1 saturated heterocycles. The van der Waals surface area contributed by atoms with Gasteiger partial charge < -0.3 is 59.6 Å². The molecule has 2 aliphatic heterocycles. The number of carbonyl (C=O) groups excluding carboxylic acids is 2. The molecule has 6 aliphatic rings. The number of carbonyl (C=O) groups is 2. The lowest BCUT2D eigenvalue weighted by molar-refractivity contribution is -0.149. The number of aryl methyl sites for hydroxylation is 1. The Morgan fingerprint density at radius 1 is 0.935 bits per heavy atom. The third-order valence-electron chi connectivity index (χ3n) is 19.2. The number of rotatable bonds is 9. The van der Waals surface area contributed by atoms with E-state index in [1.165, 1.54) is 11.6 Å². The first-order valence-corrected chi connectivity index (χ1v) is 28.1. The van der Waals surface area contributed by atoms with Crippen LogP contribution in [0.3, 0.4) is 0 Å². The number of Topliss-reactive ketones (excluding diaryl/α,β-unsaturated/α-hetero) is 1. The number of ether oxygens (including phenoxy) is 3. The van der Waals surface area contributed by atoms with Crippen molar-refractivity contribution in [3.05, 3.63) is 113 Å². The first-order valence-electron chi connectivity index (χ1n) is 28.1. The normalized spacial score (nSPS) is 30.7. The second-order valence-electron chi connectivity index (χ2n) is 23.5. The summed E-state index contributed by atoms with van der Waals surface area (Å²) in [7, 11) is 1.56.